The maximum atomic E-state index is 12.5. The van der Waals surface area contributed by atoms with Gasteiger partial charge in [0.1, 0.15) is 5.56 Å². The number of rotatable bonds is 6. The Bertz CT molecular complexity index is 1190. The Balaban J connectivity index is 1.53. The molecule has 0 saturated carbocycles. The van der Waals surface area contributed by atoms with Crippen LogP contribution in [0.4, 0.5) is 5.69 Å². The Kier molecular flexibility index (Phi) is 5.17. The highest BCUT2D eigenvalue weighted by molar-refractivity contribution is 6.03. The summed E-state index contributed by atoms with van der Waals surface area (Å²) in [4.78, 5) is 24.5. The van der Waals surface area contributed by atoms with E-state index in [1.807, 2.05) is 6.07 Å². The first-order valence-corrected chi connectivity index (χ1v) is 9.21. The van der Waals surface area contributed by atoms with Crippen LogP contribution in [0.25, 0.3) is 17.2 Å². The number of nitrogens with one attached hydrogen (secondary N) is 1. The summed E-state index contributed by atoms with van der Waals surface area (Å²) in [6.45, 7) is 3.81. The fourth-order valence-corrected chi connectivity index (χ4v) is 2.91. The molecule has 9 heteroatoms. The molecule has 1 aromatic carbocycles. The molecule has 30 heavy (non-hydrogen) atoms. The van der Waals surface area contributed by atoms with Crippen LogP contribution in [0.15, 0.2) is 63.9 Å². The molecule has 152 valence electrons. The van der Waals surface area contributed by atoms with Gasteiger partial charge in [0, 0.05) is 11.8 Å². The molecule has 3 aromatic heterocycles. The zero-order valence-electron chi connectivity index (χ0n) is 16.3. The van der Waals surface area contributed by atoms with Crippen molar-refractivity contribution in [2.24, 2.45) is 0 Å². The average Bonchev–Trinajstić information content (AvgIpc) is 3.48. The number of esters is 1. The number of carbonyl (C=O) groups excluding carboxylic acids is 2. The first-order valence-electron chi connectivity index (χ1n) is 9.21. The van der Waals surface area contributed by atoms with Gasteiger partial charge in [-0.15, -0.1) is 0 Å². The molecule has 0 radical (unpaired) electrons. The lowest BCUT2D eigenvalue weighted by atomic mass is 10.2. The van der Waals surface area contributed by atoms with Gasteiger partial charge in [0.15, 0.2) is 11.5 Å². The topological polar surface area (TPSA) is 112 Å². The van der Waals surface area contributed by atoms with Crippen molar-refractivity contribution in [1.82, 2.24) is 14.9 Å². The summed E-state index contributed by atoms with van der Waals surface area (Å²) in [5.74, 6) is -0.0186. The third kappa shape index (κ3) is 3.72. The van der Waals surface area contributed by atoms with Crippen molar-refractivity contribution in [3.05, 3.63) is 71.9 Å². The van der Waals surface area contributed by atoms with Gasteiger partial charge in [0.05, 0.1) is 30.4 Å². The molecule has 1 amide bonds. The van der Waals surface area contributed by atoms with E-state index in [1.54, 1.807) is 48.9 Å². The zero-order chi connectivity index (χ0) is 21.1. The number of hydrogen-bond acceptors (Lipinski definition) is 7. The Morgan fingerprint density at radius 1 is 1.17 bits per heavy atom. The second-order valence-corrected chi connectivity index (χ2v) is 6.33. The maximum Gasteiger partial charge on any atom is 0.341 e. The minimum absolute atomic E-state index is 0.117. The number of carbonyl (C=O) groups is 2. The fraction of sp³-hybridized carbons (Fsp3) is 0.143. The normalized spacial score (nSPS) is 10.7. The quantitative estimate of drug-likeness (QED) is 0.484. The predicted octanol–water partition coefficient (Wildman–Crippen LogP) is 3.86. The van der Waals surface area contributed by atoms with Gasteiger partial charge in [-0.25, -0.2) is 9.48 Å². The van der Waals surface area contributed by atoms with E-state index in [0.29, 0.717) is 34.2 Å². The van der Waals surface area contributed by atoms with Crippen LogP contribution < -0.4 is 5.32 Å². The molecule has 1 N–H and O–H groups in total. The third-order valence-electron chi connectivity index (χ3n) is 4.36. The van der Waals surface area contributed by atoms with Gasteiger partial charge in [0.2, 0.25) is 5.76 Å². The Labute approximate surface area is 171 Å². The number of aromatic nitrogens is 3. The Hall–Kier alpha value is -4.14. The van der Waals surface area contributed by atoms with Gasteiger partial charge in [-0.3, -0.25) is 4.79 Å². The van der Waals surface area contributed by atoms with E-state index in [1.165, 1.54) is 18.5 Å². The van der Waals surface area contributed by atoms with E-state index < -0.39 is 11.9 Å². The molecule has 0 aliphatic heterocycles. The monoisotopic (exact) mass is 406 g/mol. The highest BCUT2D eigenvalue weighted by Gasteiger charge is 2.18. The van der Waals surface area contributed by atoms with Crippen LogP contribution in [0.2, 0.25) is 0 Å². The van der Waals surface area contributed by atoms with Crippen LogP contribution in [0.3, 0.4) is 0 Å². The van der Waals surface area contributed by atoms with Crippen LogP contribution in [-0.4, -0.2) is 33.4 Å². The van der Waals surface area contributed by atoms with Crippen molar-refractivity contribution in [2.75, 3.05) is 11.9 Å². The second-order valence-electron chi connectivity index (χ2n) is 6.33. The predicted molar refractivity (Wildman–Crippen MR) is 106 cm³/mol. The molecule has 0 fully saturated rings. The number of amides is 1. The third-order valence-corrected chi connectivity index (χ3v) is 4.36. The van der Waals surface area contributed by atoms with Gasteiger partial charge < -0.3 is 19.0 Å². The highest BCUT2D eigenvalue weighted by Crippen LogP contribution is 2.22. The van der Waals surface area contributed by atoms with Gasteiger partial charge in [0.25, 0.3) is 5.91 Å². The van der Waals surface area contributed by atoms with Crippen molar-refractivity contribution in [3.63, 3.8) is 0 Å². The highest BCUT2D eigenvalue weighted by atomic mass is 16.5. The summed E-state index contributed by atoms with van der Waals surface area (Å²) in [5, 5.41) is 10.8. The van der Waals surface area contributed by atoms with E-state index in [0.717, 1.165) is 0 Å². The number of ether oxygens (including phenoxy) is 1. The lowest BCUT2D eigenvalue weighted by Crippen LogP contribution is -2.12. The van der Waals surface area contributed by atoms with Crippen molar-refractivity contribution in [3.8, 4) is 17.2 Å². The van der Waals surface area contributed by atoms with Crippen LogP contribution >= 0.6 is 0 Å². The lowest BCUT2D eigenvalue weighted by molar-refractivity contribution is 0.0525. The van der Waals surface area contributed by atoms with E-state index in [4.69, 9.17) is 13.7 Å². The van der Waals surface area contributed by atoms with Gasteiger partial charge in [-0.2, -0.15) is 5.10 Å². The van der Waals surface area contributed by atoms with Crippen molar-refractivity contribution in [1.29, 1.82) is 0 Å². The standard InChI is InChI=1S/C21H18N4O5/c1-3-28-21(27)16-12-22-25(13(16)2)15-7-4-6-14(10-15)23-20(26)17-11-19(30-24-17)18-8-5-9-29-18/h4-12H,3H2,1-2H3,(H,23,26). The minimum Gasteiger partial charge on any atom is -0.462 e. The smallest absolute Gasteiger partial charge is 0.341 e. The van der Waals surface area contributed by atoms with E-state index in [2.05, 4.69) is 15.6 Å². The number of hydrogen-bond donors (Lipinski definition) is 1. The summed E-state index contributed by atoms with van der Waals surface area (Å²) in [5.41, 5.74) is 2.35. The SMILES string of the molecule is CCOC(=O)c1cnn(-c2cccc(NC(=O)c3cc(-c4ccco4)on3)c2)c1C. The molecule has 0 spiro atoms. The first kappa shape index (κ1) is 19.2. The first-order chi connectivity index (χ1) is 14.6. The molecule has 0 atom stereocenters. The number of nitrogens with zero attached hydrogens (tertiary/aromatic N) is 3. The second kappa shape index (κ2) is 8.08. The molecular weight excluding hydrogens is 388 g/mol. The van der Waals surface area contributed by atoms with Crippen molar-refractivity contribution >= 4 is 17.6 Å². The maximum absolute atomic E-state index is 12.5. The molecular formula is C21H18N4O5. The number of anilines is 1. The van der Waals surface area contributed by atoms with E-state index >= 15 is 0 Å². The Morgan fingerprint density at radius 3 is 2.80 bits per heavy atom. The summed E-state index contributed by atoms with van der Waals surface area (Å²) < 4.78 is 17.0. The molecule has 9 nitrogen and oxygen atoms in total. The number of benzene rings is 1. The number of furan rings is 1. The van der Waals surface area contributed by atoms with Crippen LogP contribution in [0.5, 0.6) is 0 Å². The summed E-state index contributed by atoms with van der Waals surface area (Å²) in [6, 6.07) is 12.0. The minimum atomic E-state index is -0.432. The molecule has 4 rings (SSSR count). The Morgan fingerprint density at radius 2 is 2.03 bits per heavy atom. The molecule has 4 aromatic rings. The van der Waals surface area contributed by atoms with Gasteiger partial charge >= 0.3 is 5.97 Å². The average molecular weight is 406 g/mol. The van der Waals surface area contributed by atoms with Gasteiger partial charge in [-0.05, 0) is 44.2 Å². The molecule has 0 saturated heterocycles. The van der Waals surface area contributed by atoms with E-state index in [9.17, 15) is 9.59 Å². The van der Waals surface area contributed by atoms with Crippen LogP contribution in [-0.2, 0) is 4.74 Å². The van der Waals surface area contributed by atoms with Gasteiger partial charge in [-0.1, -0.05) is 11.2 Å². The largest absolute Gasteiger partial charge is 0.462 e. The lowest BCUT2D eigenvalue weighted by Gasteiger charge is -2.08. The zero-order valence-corrected chi connectivity index (χ0v) is 16.3. The molecule has 0 aliphatic rings. The summed E-state index contributed by atoms with van der Waals surface area (Å²) in [6.07, 6.45) is 2.97. The van der Waals surface area contributed by atoms with Crippen molar-refractivity contribution < 1.29 is 23.3 Å². The summed E-state index contributed by atoms with van der Waals surface area (Å²) in [7, 11) is 0. The van der Waals surface area contributed by atoms with Crippen molar-refractivity contribution in [2.45, 2.75) is 13.8 Å². The molecule has 0 unspecified atom stereocenters. The fourth-order valence-electron chi connectivity index (χ4n) is 2.91. The molecule has 0 aliphatic carbocycles. The summed E-state index contributed by atoms with van der Waals surface area (Å²) >= 11 is 0. The van der Waals surface area contributed by atoms with Crippen LogP contribution in [0, 0.1) is 6.92 Å². The van der Waals surface area contributed by atoms with Crippen LogP contribution in [0.1, 0.15) is 33.5 Å². The molecule has 0 bridgehead atoms. The van der Waals surface area contributed by atoms with E-state index in [-0.39, 0.29) is 12.3 Å². The molecule has 3 heterocycles.